The van der Waals surface area contributed by atoms with Crippen LogP contribution < -0.4 is 4.74 Å². The molecule has 0 unspecified atom stereocenters. The monoisotopic (exact) mass is 317 g/mol. The van der Waals surface area contributed by atoms with Crippen molar-refractivity contribution < 1.29 is 19.1 Å². The van der Waals surface area contributed by atoms with Gasteiger partial charge in [-0.15, -0.1) is 0 Å². The van der Waals surface area contributed by atoms with E-state index >= 15 is 0 Å². The highest BCUT2D eigenvalue weighted by Gasteiger charge is 2.31. The standard InChI is InChI=1S/C18H23NO4/c1-4-13-10-16(18(21)23-5-2)19(17(20)11-13)12-14-6-8-15(22-3)9-7-14/h6-10,13H,4-5,11-12H2,1-3H3/t13-/m1/s1. The van der Waals surface area contributed by atoms with Gasteiger partial charge in [-0.05, 0) is 43.0 Å². The van der Waals surface area contributed by atoms with Crippen molar-refractivity contribution in [1.29, 1.82) is 0 Å². The van der Waals surface area contributed by atoms with Crippen molar-refractivity contribution in [2.75, 3.05) is 13.7 Å². The van der Waals surface area contributed by atoms with E-state index in [0.717, 1.165) is 17.7 Å². The zero-order valence-corrected chi connectivity index (χ0v) is 13.9. The van der Waals surface area contributed by atoms with E-state index in [9.17, 15) is 9.59 Å². The smallest absolute Gasteiger partial charge is 0.354 e. The first kappa shape index (κ1) is 17.1. The molecule has 0 aliphatic carbocycles. The van der Waals surface area contributed by atoms with Crippen LogP contribution in [0, 0.1) is 5.92 Å². The van der Waals surface area contributed by atoms with E-state index in [1.54, 1.807) is 14.0 Å². The van der Waals surface area contributed by atoms with Crippen molar-refractivity contribution in [1.82, 2.24) is 4.90 Å². The Balaban J connectivity index is 2.24. The molecule has 124 valence electrons. The largest absolute Gasteiger partial charge is 0.497 e. The number of allylic oxidation sites excluding steroid dienone is 1. The summed E-state index contributed by atoms with van der Waals surface area (Å²) >= 11 is 0. The summed E-state index contributed by atoms with van der Waals surface area (Å²) in [4.78, 5) is 26.2. The molecule has 5 nitrogen and oxygen atoms in total. The summed E-state index contributed by atoms with van der Waals surface area (Å²) in [7, 11) is 1.61. The van der Waals surface area contributed by atoms with Gasteiger partial charge in [-0.3, -0.25) is 4.79 Å². The molecular formula is C18H23NO4. The summed E-state index contributed by atoms with van der Waals surface area (Å²) in [6.45, 7) is 4.41. The average Bonchev–Trinajstić information content (AvgIpc) is 2.57. The van der Waals surface area contributed by atoms with Crippen molar-refractivity contribution >= 4 is 11.9 Å². The van der Waals surface area contributed by atoms with Crippen LogP contribution in [0.2, 0.25) is 0 Å². The van der Waals surface area contributed by atoms with Crippen LogP contribution in [0.25, 0.3) is 0 Å². The van der Waals surface area contributed by atoms with Gasteiger partial charge in [0.1, 0.15) is 11.4 Å². The number of carbonyl (C=O) groups is 2. The fourth-order valence-electron chi connectivity index (χ4n) is 2.57. The number of amides is 1. The number of hydrogen-bond acceptors (Lipinski definition) is 4. The van der Waals surface area contributed by atoms with Gasteiger partial charge in [-0.25, -0.2) is 4.79 Å². The van der Waals surface area contributed by atoms with Crippen molar-refractivity contribution in [3.05, 3.63) is 41.6 Å². The van der Waals surface area contributed by atoms with Gasteiger partial charge in [0, 0.05) is 6.42 Å². The molecule has 0 bridgehead atoms. The molecule has 1 aromatic rings. The zero-order valence-electron chi connectivity index (χ0n) is 13.9. The number of nitrogens with zero attached hydrogens (tertiary/aromatic N) is 1. The van der Waals surface area contributed by atoms with Crippen LogP contribution in [-0.2, 0) is 20.9 Å². The first-order valence-electron chi connectivity index (χ1n) is 7.91. The van der Waals surface area contributed by atoms with Crippen LogP contribution in [0.3, 0.4) is 0 Å². The molecule has 0 aromatic heterocycles. The topological polar surface area (TPSA) is 55.8 Å². The lowest BCUT2D eigenvalue weighted by atomic mass is 9.95. The Morgan fingerprint density at radius 3 is 2.52 bits per heavy atom. The number of benzene rings is 1. The van der Waals surface area contributed by atoms with Crippen LogP contribution in [0.4, 0.5) is 0 Å². The van der Waals surface area contributed by atoms with E-state index in [2.05, 4.69) is 0 Å². The molecule has 0 N–H and O–H groups in total. The molecule has 0 radical (unpaired) electrons. The number of ether oxygens (including phenoxy) is 2. The quantitative estimate of drug-likeness (QED) is 0.757. The average molecular weight is 317 g/mol. The van der Waals surface area contributed by atoms with Crippen molar-refractivity contribution in [2.45, 2.75) is 33.2 Å². The van der Waals surface area contributed by atoms with Crippen LogP contribution in [-0.4, -0.2) is 30.5 Å². The van der Waals surface area contributed by atoms with Gasteiger partial charge in [-0.2, -0.15) is 0 Å². The molecule has 1 aliphatic heterocycles. The van der Waals surface area contributed by atoms with Gasteiger partial charge < -0.3 is 14.4 Å². The molecule has 0 fully saturated rings. The molecule has 2 rings (SSSR count). The maximum absolute atomic E-state index is 12.5. The van der Waals surface area contributed by atoms with Gasteiger partial charge in [0.25, 0.3) is 0 Å². The lowest BCUT2D eigenvalue weighted by Gasteiger charge is -2.30. The third-order valence-corrected chi connectivity index (χ3v) is 3.93. The molecule has 23 heavy (non-hydrogen) atoms. The minimum Gasteiger partial charge on any atom is -0.497 e. The number of esters is 1. The highest BCUT2D eigenvalue weighted by Crippen LogP contribution is 2.26. The Kier molecular flexibility index (Phi) is 5.79. The molecule has 1 amide bonds. The second kappa shape index (κ2) is 7.81. The van der Waals surface area contributed by atoms with Crippen LogP contribution in [0.15, 0.2) is 36.0 Å². The maximum atomic E-state index is 12.5. The van der Waals surface area contributed by atoms with Gasteiger partial charge in [-0.1, -0.05) is 19.1 Å². The van der Waals surface area contributed by atoms with Gasteiger partial charge in [0.05, 0.1) is 20.3 Å². The lowest BCUT2D eigenvalue weighted by molar-refractivity contribution is -0.145. The minimum atomic E-state index is -0.437. The Labute approximate surface area is 136 Å². The molecule has 1 heterocycles. The SMILES string of the molecule is CCOC(=O)C1=C[C@@H](CC)CC(=O)N1Cc1ccc(OC)cc1. The Bertz CT molecular complexity index is 592. The normalized spacial score (nSPS) is 17.7. The number of hydrogen-bond donors (Lipinski definition) is 0. The van der Waals surface area contributed by atoms with E-state index in [1.165, 1.54) is 4.90 Å². The van der Waals surface area contributed by atoms with E-state index in [4.69, 9.17) is 9.47 Å². The number of methoxy groups -OCH3 is 1. The molecule has 1 atom stereocenters. The number of rotatable bonds is 6. The summed E-state index contributed by atoms with van der Waals surface area (Å²) < 4.78 is 10.2. The molecule has 0 spiro atoms. The van der Waals surface area contributed by atoms with Gasteiger partial charge in [0.2, 0.25) is 5.91 Å². The highest BCUT2D eigenvalue weighted by molar-refractivity contribution is 5.95. The predicted octanol–water partition coefficient (Wildman–Crippen LogP) is 2.90. The fraction of sp³-hybridized carbons (Fsp3) is 0.444. The second-order valence-corrected chi connectivity index (χ2v) is 5.47. The number of carbonyl (C=O) groups excluding carboxylic acids is 2. The minimum absolute atomic E-state index is 0.0433. The molecule has 0 saturated carbocycles. The molecule has 0 saturated heterocycles. The second-order valence-electron chi connectivity index (χ2n) is 5.47. The Morgan fingerprint density at radius 1 is 1.26 bits per heavy atom. The summed E-state index contributed by atoms with van der Waals surface area (Å²) in [5.41, 5.74) is 1.29. The first-order chi connectivity index (χ1) is 11.1. The maximum Gasteiger partial charge on any atom is 0.354 e. The summed E-state index contributed by atoms with van der Waals surface area (Å²) in [5.74, 6) is 0.366. The van der Waals surface area contributed by atoms with Crippen LogP contribution in [0.1, 0.15) is 32.3 Å². The predicted molar refractivity (Wildman–Crippen MR) is 86.7 cm³/mol. The Morgan fingerprint density at radius 2 is 1.96 bits per heavy atom. The fourth-order valence-corrected chi connectivity index (χ4v) is 2.57. The van der Waals surface area contributed by atoms with Crippen LogP contribution in [0.5, 0.6) is 5.75 Å². The van der Waals surface area contributed by atoms with Crippen molar-refractivity contribution in [2.24, 2.45) is 5.92 Å². The third kappa shape index (κ3) is 4.12. The summed E-state index contributed by atoms with van der Waals surface area (Å²) in [6.07, 6.45) is 3.11. The summed E-state index contributed by atoms with van der Waals surface area (Å²) in [5, 5.41) is 0. The Hall–Kier alpha value is -2.30. The molecule has 1 aromatic carbocycles. The molecular weight excluding hydrogens is 294 g/mol. The first-order valence-corrected chi connectivity index (χ1v) is 7.91. The summed E-state index contributed by atoms with van der Waals surface area (Å²) in [6, 6.07) is 7.46. The van der Waals surface area contributed by atoms with Crippen molar-refractivity contribution in [3.63, 3.8) is 0 Å². The van der Waals surface area contributed by atoms with Crippen LogP contribution >= 0.6 is 0 Å². The van der Waals surface area contributed by atoms with Gasteiger partial charge >= 0.3 is 5.97 Å². The van der Waals surface area contributed by atoms with E-state index in [1.807, 2.05) is 37.3 Å². The van der Waals surface area contributed by atoms with E-state index < -0.39 is 5.97 Å². The molecule has 1 aliphatic rings. The highest BCUT2D eigenvalue weighted by atomic mass is 16.5. The lowest BCUT2D eigenvalue weighted by Crippen LogP contribution is -2.38. The van der Waals surface area contributed by atoms with E-state index in [0.29, 0.717) is 18.7 Å². The molecule has 5 heteroatoms. The van der Waals surface area contributed by atoms with Crippen molar-refractivity contribution in [3.8, 4) is 5.75 Å². The van der Waals surface area contributed by atoms with Gasteiger partial charge in [0.15, 0.2) is 0 Å². The van der Waals surface area contributed by atoms with E-state index in [-0.39, 0.29) is 18.4 Å². The zero-order chi connectivity index (χ0) is 16.8. The third-order valence-electron chi connectivity index (χ3n) is 3.93.